The second-order valence-electron chi connectivity index (χ2n) is 5.07. The van der Waals surface area contributed by atoms with Gasteiger partial charge in [0.25, 0.3) is 0 Å². The molecule has 4 nitrogen and oxygen atoms in total. The first-order chi connectivity index (χ1) is 9.83. The Balaban J connectivity index is 1.67. The maximum atomic E-state index is 12.1. The van der Waals surface area contributed by atoms with Crippen molar-refractivity contribution in [3.05, 3.63) is 60.4 Å². The maximum absolute atomic E-state index is 12.1. The van der Waals surface area contributed by atoms with Crippen molar-refractivity contribution in [2.24, 2.45) is 5.92 Å². The van der Waals surface area contributed by atoms with Crippen LogP contribution in [0, 0.1) is 5.92 Å². The first kappa shape index (κ1) is 12.7. The third-order valence-electron chi connectivity index (χ3n) is 3.46. The van der Waals surface area contributed by atoms with Crippen LogP contribution < -0.4 is 10.6 Å². The standard InChI is InChI=1S/C16H17N3O/c20-16(18-14-7-4-10-17-11-14)19-15(13-8-9-13)12-5-2-1-3-6-12/h1-7,10-11,13,15H,8-9H2,(H2,18,19,20). The molecule has 102 valence electrons. The smallest absolute Gasteiger partial charge is 0.319 e. The molecule has 1 heterocycles. The highest BCUT2D eigenvalue weighted by molar-refractivity contribution is 5.89. The zero-order valence-electron chi connectivity index (χ0n) is 11.1. The Labute approximate surface area is 118 Å². The number of nitrogens with one attached hydrogen (secondary N) is 2. The molecule has 0 saturated heterocycles. The number of pyridine rings is 1. The number of urea groups is 1. The summed E-state index contributed by atoms with van der Waals surface area (Å²) in [5.74, 6) is 0.553. The van der Waals surface area contributed by atoms with Crippen molar-refractivity contribution in [1.82, 2.24) is 10.3 Å². The van der Waals surface area contributed by atoms with Gasteiger partial charge in [0.2, 0.25) is 0 Å². The van der Waals surface area contributed by atoms with Crippen molar-refractivity contribution in [3.8, 4) is 0 Å². The Morgan fingerprint density at radius 2 is 1.95 bits per heavy atom. The molecule has 1 atom stereocenters. The second kappa shape index (κ2) is 5.74. The van der Waals surface area contributed by atoms with Crippen LogP contribution in [-0.4, -0.2) is 11.0 Å². The van der Waals surface area contributed by atoms with Crippen LogP contribution in [0.3, 0.4) is 0 Å². The Morgan fingerprint density at radius 3 is 2.60 bits per heavy atom. The lowest BCUT2D eigenvalue weighted by Crippen LogP contribution is -2.33. The molecule has 20 heavy (non-hydrogen) atoms. The minimum atomic E-state index is -0.182. The number of benzene rings is 1. The minimum Gasteiger partial charge on any atom is -0.331 e. The van der Waals surface area contributed by atoms with Gasteiger partial charge in [-0.25, -0.2) is 4.79 Å². The number of amides is 2. The van der Waals surface area contributed by atoms with Crippen molar-refractivity contribution in [2.45, 2.75) is 18.9 Å². The molecule has 2 amide bonds. The number of carbonyl (C=O) groups is 1. The molecule has 1 saturated carbocycles. The largest absolute Gasteiger partial charge is 0.331 e. The average Bonchev–Trinajstić information content (AvgIpc) is 3.31. The number of carbonyl (C=O) groups excluding carboxylic acids is 1. The van der Waals surface area contributed by atoms with Crippen molar-refractivity contribution in [3.63, 3.8) is 0 Å². The van der Waals surface area contributed by atoms with E-state index in [4.69, 9.17) is 0 Å². The van der Waals surface area contributed by atoms with E-state index in [9.17, 15) is 4.79 Å². The van der Waals surface area contributed by atoms with Gasteiger partial charge in [0, 0.05) is 6.20 Å². The molecule has 1 unspecified atom stereocenters. The number of nitrogens with zero attached hydrogens (tertiary/aromatic N) is 1. The summed E-state index contributed by atoms with van der Waals surface area (Å²) < 4.78 is 0. The molecule has 1 aromatic heterocycles. The fourth-order valence-electron chi connectivity index (χ4n) is 2.31. The molecule has 3 rings (SSSR count). The van der Waals surface area contributed by atoms with E-state index in [-0.39, 0.29) is 12.1 Å². The SMILES string of the molecule is O=C(Nc1cccnc1)NC(c1ccccc1)C1CC1. The third-order valence-corrected chi connectivity index (χ3v) is 3.46. The van der Waals surface area contributed by atoms with E-state index >= 15 is 0 Å². The van der Waals surface area contributed by atoms with Crippen LogP contribution in [0.25, 0.3) is 0 Å². The van der Waals surface area contributed by atoms with Gasteiger partial charge in [-0.1, -0.05) is 30.3 Å². The molecular formula is C16H17N3O. The van der Waals surface area contributed by atoms with Crippen LogP contribution in [0.15, 0.2) is 54.9 Å². The lowest BCUT2D eigenvalue weighted by molar-refractivity contribution is 0.247. The van der Waals surface area contributed by atoms with Crippen molar-refractivity contribution < 1.29 is 4.79 Å². The molecule has 0 bridgehead atoms. The second-order valence-corrected chi connectivity index (χ2v) is 5.07. The molecular weight excluding hydrogens is 250 g/mol. The van der Waals surface area contributed by atoms with Crippen LogP contribution in [0.5, 0.6) is 0 Å². The molecule has 1 aliphatic carbocycles. The summed E-state index contributed by atoms with van der Waals surface area (Å²) >= 11 is 0. The number of aromatic nitrogens is 1. The van der Waals surface area contributed by atoms with Crippen LogP contribution in [0.1, 0.15) is 24.4 Å². The number of hydrogen-bond acceptors (Lipinski definition) is 2. The lowest BCUT2D eigenvalue weighted by atomic mass is 10.0. The molecule has 1 fully saturated rings. The highest BCUT2D eigenvalue weighted by atomic mass is 16.2. The summed E-state index contributed by atoms with van der Waals surface area (Å²) in [5.41, 5.74) is 1.86. The van der Waals surface area contributed by atoms with Crippen LogP contribution in [0.2, 0.25) is 0 Å². The van der Waals surface area contributed by atoms with Gasteiger partial charge in [-0.2, -0.15) is 0 Å². The molecule has 2 N–H and O–H groups in total. The number of rotatable bonds is 4. The van der Waals surface area contributed by atoms with Gasteiger partial charge in [-0.3, -0.25) is 4.98 Å². The van der Waals surface area contributed by atoms with Gasteiger partial charge < -0.3 is 10.6 Å². The van der Waals surface area contributed by atoms with E-state index in [2.05, 4.69) is 27.8 Å². The van der Waals surface area contributed by atoms with Crippen molar-refractivity contribution in [1.29, 1.82) is 0 Å². The molecule has 2 aromatic rings. The van der Waals surface area contributed by atoms with Crippen LogP contribution >= 0.6 is 0 Å². The normalized spacial score (nSPS) is 15.4. The highest BCUT2D eigenvalue weighted by Crippen LogP contribution is 2.40. The fraction of sp³-hybridized carbons (Fsp3) is 0.250. The summed E-state index contributed by atoms with van der Waals surface area (Å²) in [7, 11) is 0. The van der Waals surface area contributed by atoms with E-state index in [0.717, 1.165) is 5.56 Å². The van der Waals surface area contributed by atoms with E-state index in [1.165, 1.54) is 12.8 Å². The van der Waals surface area contributed by atoms with Gasteiger partial charge in [-0.05, 0) is 36.5 Å². The van der Waals surface area contributed by atoms with Gasteiger partial charge >= 0.3 is 6.03 Å². The molecule has 4 heteroatoms. The minimum absolute atomic E-state index is 0.0906. The summed E-state index contributed by atoms with van der Waals surface area (Å²) in [6.45, 7) is 0. The number of hydrogen-bond donors (Lipinski definition) is 2. The third kappa shape index (κ3) is 3.15. The summed E-state index contributed by atoms with van der Waals surface area (Å²) in [4.78, 5) is 16.1. The lowest BCUT2D eigenvalue weighted by Gasteiger charge is -2.19. The first-order valence-electron chi connectivity index (χ1n) is 6.85. The summed E-state index contributed by atoms with van der Waals surface area (Å²) in [6.07, 6.45) is 5.66. The van der Waals surface area contributed by atoms with Crippen LogP contribution in [-0.2, 0) is 0 Å². The molecule has 0 aliphatic heterocycles. The first-order valence-corrected chi connectivity index (χ1v) is 6.85. The van der Waals surface area contributed by atoms with Gasteiger partial charge in [0.05, 0.1) is 17.9 Å². The summed E-state index contributed by atoms with van der Waals surface area (Å²) in [5, 5.41) is 5.88. The van der Waals surface area contributed by atoms with E-state index in [1.807, 2.05) is 24.3 Å². The predicted octanol–water partition coefficient (Wildman–Crippen LogP) is 3.35. The monoisotopic (exact) mass is 267 g/mol. The Morgan fingerprint density at radius 1 is 1.15 bits per heavy atom. The topological polar surface area (TPSA) is 54.0 Å². The maximum Gasteiger partial charge on any atom is 0.319 e. The molecule has 0 spiro atoms. The van der Waals surface area contributed by atoms with Gasteiger partial charge in [0.15, 0.2) is 0 Å². The fourth-order valence-corrected chi connectivity index (χ4v) is 2.31. The number of anilines is 1. The van der Waals surface area contributed by atoms with Gasteiger partial charge in [0.1, 0.15) is 0 Å². The van der Waals surface area contributed by atoms with Crippen LogP contribution in [0.4, 0.5) is 10.5 Å². The molecule has 1 aliphatic rings. The van der Waals surface area contributed by atoms with E-state index < -0.39 is 0 Å². The average molecular weight is 267 g/mol. The zero-order valence-corrected chi connectivity index (χ0v) is 11.1. The zero-order chi connectivity index (χ0) is 13.8. The Bertz CT molecular complexity index is 567. The van der Waals surface area contributed by atoms with Crippen molar-refractivity contribution >= 4 is 11.7 Å². The summed E-state index contributed by atoms with van der Waals surface area (Å²) in [6, 6.07) is 13.7. The van der Waals surface area contributed by atoms with Gasteiger partial charge in [-0.15, -0.1) is 0 Å². The Hall–Kier alpha value is -2.36. The Kier molecular flexibility index (Phi) is 3.63. The highest BCUT2D eigenvalue weighted by Gasteiger charge is 2.33. The van der Waals surface area contributed by atoms with E-state index in [1.54, 1.807) is 18.5 Å². The molecule has 0 radical (unpaired) electrons. The van der Waals surface area contributed by atoms with E-state index in [0.29, 0.717) is 11.6 Å². The quantitative estimate of drug-likeness (QED) is 0.892. The van der Waals surface area contributed by atoms with Crippen molar-refractivity contribution in [2.75, 3.05) is 5.32 Å². The predicted molar refractivity (Wildman–Crippen MR) is 78.3 cm³/mol. The molecule has 1 aromatic carbocycles.